The highest BCUT2D eigenvalue weighted by Crippen LogP contribution is 2.20. The first kappa shape index (κ1) is 19.1. The van der Waals surface area contributed by atoms with Gasteiger partial charge in [-0.15, -0.1) is 12.4 Å². The molecule has 0 saturated carbocycles. The molecule has 1 aromatic heterocycles. The van der Waals surface area contributed by atoms with E-state index in [-0.39, 0.29) is 36.7 Å². The third kappa shape index (κ3) is 5.30. The van der Waals surface area contributed by atoms with Gasteiger partial charge in [-0.25, -0.2) is 0 Å². The molecule has 0 saturated heterocycles. The van der Waals surface area contributed by atoms with Crippen LogP contribution in [0, 0.1) is 13.8 Å². The average Bonchev–Trinajstić information content (AvgIpc) is 2.95. The van der Waals surface area contributed by atoms with Crippen molar-refractivity contribution in [1.82, 2.24) is 5.32 Å². The topological polar surface area (TPSA) is 77.5 Å². The van der Waals surface area contributed by atoms with Crippen molar-refractivity contribution in [3.8, 4) is 5.75 Å². The Morgan fingerprint density at radius 2 is 2.04 bits per heavy atom. The van der Waals surface area contributed by atoms with Crippen LogP contribution in [-0.2, 0) is 6.61 Å². The number of hydrogen-bond donors (Lipinski definition) is 2. The molecule has 0 fully saturated rings. The number of hydrogen-bond acceptors (Lipinski definition) is 4. The summed E-state index contributed by atoms with van der Waals surface area (Å²) in [5.74, 6) is 1.41. The third-order valence-corrected chi connectivity index (χ3v) is 3.32. The van der Waals surface area contributed by atoms with Gasteiger partial charge in [-0.3, -0.25) is 4.79 Å². The molecule has 0 aliphatic carbocycles. The van der Waals surface area contributed by atoms with Gasteiger partial charge in [-0.1, -0.05) is 17.7 Å². The predicted octanol–water partition coefficient (Wildman–Crippen LogP) is 2.97. The van der Waals surface area contributed by atoms with Gasteiger partial charge in [0, 0.05) is 12.6 Å². The average molecular weight is 339 g/mol. The molecule has 0 radical (unpaired) electrons. The van der Waals surface area contributed by atoms with E-state index in [4.69, 9.17) is 14.9 Å². The smallest absolute Gasteiger partial charge is 0.287 e. The minimum Gasteiger partial charge on any atom is -0.485 e. The first-order chi connectivity index (χ1) is 10.5. The lowest BCUT2D eigenvalue weighted by molar-refractivity contribution is 0.0909. The van der Waals surface area contributed by atoms with E-state index in [0.717, 1.165) is 11.3 Å². The fourth-order valence-electron chi connectivity index (χ4n) is 2.04. The molecule has 0 bridgehead atoms. The van der Waals surface area contributed by atoms with Gasteiger partial charge in [-0.2, -0.15) is 0 Å². The van der Waals surface area contributed by atoms with Crippen LogP contribution in [0.1, 0.15) is 34.4 Å². The standard InChI is InChI=1S/C17H22N2O3.ClH/c1-11-4-6-15(12(2)8-11)21-10-14-5-7-16(22-14)17(20)19-13(3)9-18;/h4-8,13H,9-10,18H2,1-3H3,(H,19,20);1H/t13-;/m0./s1. The summed E-state index contributed by atoms with van der Waals surface area (Å²) >= 11 is 0. The largest absolute Gasteiger partial charge is 0.485 e. The summed E-state index contributed by atoms with van der Waals surface area (Å²) < 4.78 is 11.2. The summed E-state index contributed by atoms with van der Waals surface area (Å²) in [5.41, 5.74) is 7.74. The zero-order valence-electron chi connectivity index (χ0n) is 13.6. The number of rotatable bonds is 6. The van der Waals surface area contributed by atoms with Crippen molar-refractivity contribution in [1.29, 1.82) is 0 Å². The minimum absolute atomic E-state index is 0. The lowest BCUT2D eigenvalue weighted by atomic mass is 10.1. The molecule has 0 aliphatic heterocycles. The van der Waals surface area contributed by atoms with Crippen molar-refractivity contribution in [3.05, 3.63) is 53.0 Å². The van der Waals surface area contributed by atoms with Gasteiger partial charge < -0.3 is 20.2 Å². The Bertz CT molecular complexity index is 655. The molecule has 126 valence electrons. The maximum absolute atomic E-state index is 11.9. The summed E-state index contributed by atoms with van der Waals surface area (Å²) in [6.07, 6.45) is 0. The molecule has 5 nitrogen and oxygen atoms in total. The molecular formula is C17H23ClN2O3. The third-order valence-electron chi connectivity index (χ3n) is 3.32. The molecule has 0 aliphatic rings. The van der Waals surface area contributed by atoms with Crippen LogP contribution in [-0.4, -0.2) is 18.5 Å². The van der Waals surface area contributed by atoms with Crippen molar-refractivity contribution < 1.29 is 13.9 Å². The molecule has 0 unspecified atom stereocenters. The highest BCUT2D eigenvalue weighted by Gasteiger charge is 2.13. The van der Waals surface area contributed by atoms with Crippen molar-refractivity contribution in [3.63, 3.8) is 0 Å². The van der Waals surface area contributed by atoms with Gasteiger partial charge in [0.1, 0.15) is 18.1 Å². The highest BCUT2D eigenvalue weighted by atomic mass is 35.5. The maximum atomic E-state index is 11.9. The van der Waals surface area contributed by atoms with E-state index in [1.807, 2.05) is 32.9 Å². The summed E-state index contributed by atoms with van der Waals surface area (Å²) in [6, 6.07) is 9.28. The lowest BCUT2D eigenvalue weighted by Crippen LogP contribution is -2.37. The van der Waals surface area contributed by atoms with Gasteiger partial charge in [-0.05, 0) is 44.5 Å². The number of furan rings is 1. The Kier molecular flexibility index (Phi) is 7.13. The number of aryl methyl sites for hydroxylation is 2. The normalized spacial score (nSPS) is 11.5. The van der Waals surface area contributed by atoms with E-state index in [0.29, 0.717) is 12.3 Å². The first-order valence-electron chi connectivity index (χ1n) is 7.29. The first-order valence-corrected chi connectivity index (χ1v) is 7.29. The van der Waals surface area contributed by atoms with Crippen LogP contribution < -0.4 is 15.8 Å². The molecule has 1 amide bonds. The van der Waals surface area contributed by atoms with Crippen LogP contribution in [0.15, 0.2) is 34.7 Å². The molecular weight excluding hydrogens is 316 g/mol. The summed E-state index contributed by atoms with van der Waals surface area (Å²) in [6.45, 7) is 6.54. The predicted molar refractivity (Wildman–Crippen MR) is 92.2 cm³/mol. The number of benzene rings is 1. The molecule has 6 heteroatoms. The highest BCUT2D eigenvalue weighted by molar-refractivity contribution is 5.91. The number of ether oxygens (including phenoxy) is 1. The zero-order chi connectivity index (χ0) is 16.1. The lowest BCUT2D eigenvalue weighted by Gasteiger charge is -2.09. The van der Waals surface area contributed by atoms with Crippen LogP contribution in [0.25, 0.3) is 0 Å². The Balaban J connectivity index is 0.00000264. The van der Waals surface area contributed by atoms with Crippen LogP contribution in [0.3, 0.4) is 0 Å². The van der Waals surface area contributed by atoms with Crippen molar-refractivity contribution in [2.75, 3.05) is 6.54 Å². The number of amides is 1. The molecule has 2 aromatic rings. The van der Waals surface area contributed by atoms with E-state index in [2.05, 4.69) is 11.4 Å². The second-order valence-corrected chi connectivity index (χ2v) is 5.43. The van der Waals surface area contributed by atoms with E-state index in [1.165, 1.54) is 5.56 Å². The minimum atomic E-state index is -0.268. The number of carbonyl (C=O) groups is 1. The van der Waals surface area contributed by atoms with E-state index < -0.39 is 0 Å². The number of nitrogens with one attached hydrogen (secondary N) is 1. The zero-order valence-corrected chi connectivity index (χ0v) is 14.4. The fraction of sp³-hybridized carbons (Fsp3) is 0.353. The SMILES string of the molecule is Cc1ccc(OCc2ccc(C(=O)N[C@@H](C)CN)o2)c(C)c1.Cl. The second-order valence-electron chi connectivity index (χ2n) is 5.43. The number of halogens is 1. The van der Waals surface area contributed by atoms with Gasteiger partial charge >= 0.3 is 0 Å². The van der Waals surface area contributed by atoms with Gasteiger partial charge in [0.05, 0.1) is 0 Å². The quantitative estimate of drug-likeness (QED) is 0.848. The number of nitrogens with two attached hydrogens (primary N) is 1. The summed E-state index contributed by atoms with van der Waals surface area (Å²) in [5, 5.41) is 2.75. The molecule has 23 heavy (non-hydrogen) atoms. The van der Waals surface area contributed by atoms with Gasteiger partial charge in [0.25, 0.3) is 5.91 Å². The molecule has 0 spiro atoms. The Hall–Kier alpha value is -1.98. The van der Waals surface area contributed by atoms with E-state index in [1.54, 1.807) is 12.1 Å². The summed E-state index contributed by atoms with van der Waals surface area (Å²) in [4.78, 5) is 11.9. The van der Waals surface area contributed by atoms with Gasteiger partial charge in [0.2, 0.25) is 0 Å². The molecule has 1 aromatic carbocycles. The molecule has 1 atom stereocenters. The maximum Gasteiger partial charge on any atom is 0.287 e. The van der Waals surface area contributed by atoms with Crippen molar-refractivity contribution >= 4 is 18.3 Å². The fourth-order valence-corrected chi connectivity index (χ4v) is 2.04. The Labute approximate surface area is 142 Å². The van der Waals surface area contributed by atoms with Gasteiger partial charge in [0.15, 0.2) is 5.76 Å². The van der Waals surface area contributed by atoms with Crippen molar-refractivity contribution in [2.24, 2.45) is 5.73 Å². The van der Waals surface area contributed by atoms with Crippen LogP contribution in [0.5, 0.6) is 5.75 Å². The molecule has 2 rings (SSSR count). The Morgan fingerprint density at radius 3 is 2.70 bits per heavy atom. The molecule has 1 heterocycles. The van der Waals surface area contributed by atoms with E-state index in [9.17, 15) is 4.79 Å². The van der Waals surface area contributed by atoms with Crippen LogP contribution in [0.2, 0.25) is 0 Å². The van der Waals surface area contributed by atoms with Crippen LogP contribution >= 0.6 is 12.4 Å². The molecule has 3 N–H and O–H groups in total. The van der Waals surface area contributed by atoms with Crippen molar-refractivity contribution in [2.45, 2.75) is 33.4 Å². The Morgan fingerprint density at radius 1 is 1.30 bits per heavy atom. The second kappa shape index (κ2) is 8.60. The monoisotopic (exact) mass is 338 g/mol. The summed E-state index contributed by atoms with van der Waals surface area (Å²) in [7, 11) is 0. The van der Waals surface area contributed by atoms with Crippen LogP contribution in [0.4, 0.5) is 0 Å². The van der Waals surface area contributed by atoms with E-state index >= 15 is 0 Å². The number of carbonyl (C=O) groups excluding carboxylic acids is 1.